The summed E-state index contributed by atoms with van der Waals surface area (Å²) >= 11 is 0. The van der Waals surface area contributed by atoms with Gasteiger partial charge in [0.15, 0.2) is 0 Å². The predicted octanol–water partition coefficient (Wildman–Crippen LogP) is 4.31. The van der Waals surface area contributed by atoms with E-state index in [4.69, 9.17) is 4.42 Å². The Morgan fingerprint density at radius 2 is 1.93 bits per heavy atom. The highest BCUT2D eigenvalue weighted by Gasteiger charge is 2.32. The second-order valence-electron chi connectivity index (χ2n) is 8.25. The van der Waals surface area contributed by atoms with E-state index in [1.54, 1.807) is 6.20 Å². The number of nitrogens with zero attached hydrogens (tertiary/aromatic N) is 4. The van der Waals surface area contributed by atoms with Crippen molar-refractivity contribution >= 4 is 5.91 Å². The third-order valence-corrected chi connectivity index (χ3v) is 6.20. The van der Waals surface area contributed by atoms with Crippen molar-refractivity contribution in [2.45, 2.75) is 57.4 Å². The van der Waals surface area contributed by atoms with Crippen LogP contribution in [0.3, 0.4) is 0 Å². The summed E-state index contributed by atoms with van der Waals surface area (Å²) in [4.78, 5) is 19.4. The van der Waals surface area contributed by atoms with Crippen LogP contribution >= 0.6 is 0 Å². The molecule has 6 heteroatoms. The van der Waals surface area contributed by atoms with Gasteiger partial charge in [-0.25, -0.2) is 0 Å². The highest BCUT2D eigenvalue weighted by atomic mass is 16.4. The smallest absolute Gasteiger partial charge is 0.266 e. The van der Waals surface area contributed by atoms with Gasteiger partial charge in [0.2, 0.25) is 11.8 Å². The van der Waals surface area contributed by atoms with Gasteiger partial charge in [-0.2, -0.15) is 0 Å². The molecule has 1 aliphatic carbocycles. The number of pyridine rings is 1. The van der Waals surface area contributed by atoms with Crippen LogP contribution in [0.4, 0.5) is 0 Å². The van der Waals surface area contributed by atoms with E-state index in [9.17, 15) is 4.79 Å². The maximum Gasteiger partial charge on any atom is 0.266 e. The number of hydrogen-bond donors (Lipinski definition) is 0. The van der Waals surface area contributed by atoms with Gasteiger partial charge >= 0.3 is 0 Å². The quantitative estimate of drug-likeness (QED) is 0.650. The maximum absolute atomic E-state index is 13.2. The van der Waals surface area contributed by atoms with Gasteiger partial charge in [-0.15, -0.1) is 10.2 Å². The summed E-state index contributed by atoms with van der Waals surface area (Å²) in [5.41, 5.74) is 4.61. The fourth-order valence-electron chi connectivity index (χ4n) is 4.62. The fraction of sp³-hybridized carbons (Fsp3) is 0.417. The molecule has 0 saturated carbocycles. The first-order chi connectivity index (χ1) is 14.8. The van der Waals surface area contributed by atoms with E-state index in [1.165, 1.54) is 24.0 Å². The molecule has 2 aromatic heterocycles. The molecule has 3 heterocycles. The van der Waals surface area contributed by atoms with E-state index in [0.717, 1.165) is 44.2 Å². The average molecular weight is 402 g/mol. The SMILES string of the molecule is O=C(Cc1ccc2c(c1)CCCC2)N1CCCCC1c1nnc(-c2ccccn2)o1. The van der Waals surface area contributed by atoms with Crippen LogP contribution in [0.15, 0.2) is 47.0 Å². The third kappa shape index (κ3) is 3.86. The zero-order valence-electron chi connectivity index (χ0n) is 17.1. The predicted molar refractivity (Wildman–Crippen MR) is 113 cm³/mol. The molecule has 154 valence electrons. The number of aryl methyl sites for hydroxylation is 2. The Labute approximate surface area is 176 Å². The number of fused-ring (bicyclic) bond motifs is 1. The maximum atomic E-state index is 13.2. The summed E-state index contributed by atoms with van der Waals surface area (Å²) in [6.45, 7) is 0.732. The molecule has 1 unspecified atom stereocenters. The summed E-state index contributed by atoms with van der Waals surface area (Å²) in [7, 11) is 0. The minimum absolute atomic E-state index is 0.132. The number of amides is 1. The first-order valence-corrected chi connectivity index (χ1v) is 10.9. The van der Waals surface area contributed by atoms with Gasteiger partial charge in [-0.05, 0) is 73.8 Å². The van der Waals surface area contributed by atoms with Gasteiger partial charge in [-0.1, -0.05) is 24.3 Å². The second kappa shape index (κ2) is 8.38. The van der Waals surface area contributed by atoms with Crippen molar-refractivity contribution in [1.82, 2.24) is 20.1 Å². The van der Waals surface area contributed by atoms with Crippen LogP contribution in [0.5, 0.6) is 0 Å². The molecule has 1 aromatic carbocycles. The van der Waals surface area contributed by atoms with Crippen LogP contribution in [0.25, 0.3) is 11.6 Å². The molecule has 1 fully saturated rings. The van der Waals surface area contributed by atoms with E-state index in [0.29, 0.717) is 23.9 Å². The standard InChI is InChI=1S/C24H26N4O2/c29-22(16-17-11-12-18-7-1-2-8-19(18)15-17)28-14-6-4-10-21(28)24-27-26-23(30-24)20-9-3-5-13-25-20/h3,5,9,11-13,15,21H,1-2,4,6-8,10,14,16H2. The van der Waals surface area contributed by atoms with Crippen LogP contribution in [-0.2, 0) is 24.1 Å². The van der Waals surface area contributed by atoms with Crippen molar-refractivity contribution < 1.29 is 9.21 Å². The van der Waals surface area contributed by atoms with Crippen LogP contribution in [0.1, 0.15) is 60.7 Å². The normalized spacial score (nSPS) is 18.8. The minimum Gasteiger partial charge on any atom is -0.417 e. The first-order valence-electron chi connectivity index (χ1n) is 10.9. The summed E-state index contributed by atoms with van der Waals surface area (Å²) in [5.74, 6) is 1.04. The Morgan fingerprint density at radius 3 is 2.80 bits per heavy atom. The van der Waals surface area contributed by atoms with E-state index in [-0.39, 0.29) is 11.9 Å². The molecule has 1 aliphatic heterocycles. The lowest BCUT2D eigenvalue weighted by Crippen LogP contribution is -2.39. The van der Waals surface area contributed by atoms with Gasteiger partial charge in [0, 0.05) is 12.7 Å². The van der Waals surface area contributed by atoms with E-state index >= 15 is 0 Å². The van der Waals surface area contributed by atoms with Crippen LogP contribution < -0.4 is 0 Å². The molecule has 1 amide bonds. The molecule has 5 rings (SSSR count). The largest absolute Gasteiger partial charge is 0.417 e. The van der Waals surface area contributed by atoms with Crippen molar-refractivity contribution in [2.75, 3.05) is 6.54 Å². The van der Waals surface area contributed by atoms with Crippen LogP contribution in [0, 0.1) is 0 Å². The molecule has 0 spiro atoms. The monoisotopic (exact) mass is 402 g/mol. The zero-order chi connectivity index (χ0) is 20.3. The molecule has 1 atom stereocenters. The Kier molecular flexibility index (Phi) is 5.30. The molecule has 6 nitrogen and oxygen atoms in total. The van der Waals surface area contributed by atoms with Gasteiger partial charge < -0.3 is 9.32 Å². The number of piperidine rings is 1. The molecule has 1 saturated heterocycles. The molecular weight excluding hydrogens is 376 g/mol. The van der Waals surface area contributed by atoms with Crippen molar-refractivity contribution in [3.8, 4) is 11.6 Å². The number of rotatable bonds is 4. The molecule has 2 aliphatic rings. The number of benzene rings is 1. The van der Waals surface area contributed by atoms with Gasteiger partial charge in [0.25, 0.3) is 5.89 Å². The molecule has 30 heavy (non-hydrogen) atoms. The number of likely N-dealkylation sites (tertiary alicyclic amines) is 1. The van der Waals surface area contributed by atoms with Gasteiger partial charge in [0.05, 0.1) is 6.42 Å². The third-order valence-electron chi connectivity index (χ3n) is 6.20. The van der Waals surface area contributed by atoms with Crippen molar-refractivity contribution in [1.29, 1.82) is 0 Å². The molecule has 0 radical (unpaired) electrons. The van der Waals surface area contributed by atoms with Gasteiger partial charge in [0.1, 0.15) is 11.7 Å². The Morgan fingerprint density at radius 1 is 1.03 bits per heavy atom. The van der Waals surface area contributed by atoms with E-state index in [2.05, 4.69) is 33.4 Å². The second-order valence-corrected chi connectivity index (χ2v) is 8.25. The Hall–Kier alpha value is -3.02. The lowest BCUT2D eigenvalue weighted by Gasteiger charge is -2.33. The van der Waals surface area contributed by atoms with Crippen LogP contribution in [0.2, 0.25) is 0 Å². The summed E-state index contributed by atoms with van der Waals surface area (Å²) in [6.07, 6.45) is 9.83. The van der Waals surface area contributed by atoms with Crippen molar-refractivity contribution in [2.24, 2.45) is 0 Å². The first kappa shape index (κ1) is 19.0. The molecule has 3 aromatic rings. The lowest BCUT2D eigenvalue weighted by atomic mass is 9.90. The minimum atomic E-state index is -0.158. The number of aromatic nitrogens is 3. The Bertz CT molecular complexity index is 1030. The summed E-state index contributed by atoms with van der Waals surface area (Å²) in [6, 6.07) is 12.0. The molecule has 0 N–H and O–H groups in total. The number of carbonyl (C=O) groups is 1. The molecular formula is C24H26N4O2. The van der Waals surface area contributed by atoms with Crippen molar-refractivity contribution in [3.05, 3.63) is 65.2 Å². The number of hydrogen-bond acceptors (Lipinski definition) is 5. The highest BCUT2D eigenvalue weighted by molar-refractivity contribution is 5.79. The zero-order valence-corrected chi connectivity index (χ0v) is 17.1. The van der Waals surface area contributed by atoms with E-state index < -0.39 is 0 Å². The van der Waals surface area contributed by atoms with Crippen molar-refractivity contribution in [3.63, 3.8) is 0 Å². The average Bonchev–Trinajstić information content (AvgIpc) is 3.30. The topological polar surface area (TPSA) is 72.1 Å². The van der Waals surface area contributed by atoms with Gasteiger partial charge in [-0.3, -0.25) is 9.78 Å². The Balaban J connectivity index is 1.34. The fourth-order valence-corrected chi connectivity index (χ4v) is 4.62. The summed E-state index contributed by atoms with van der Waals surface area (Å²) < 4.78 is 5.94. The summed E-state index contributed by atoms with van der Waals surface area (Å²) in [5, 5.41) is 8.43. The van der Waals surface area contributed by atoms with Crippen LogP contribution in [-0.4, -0.2) is 32.5 Å². The lowest BCUT2D eigenvalue weighted by molar-refractivity contribution is -0.134. The highest BCUT2D eigenvalue weighted by Crippen LogP contribution is 2.32. The van der Waals surface area contributed by atoms with E-state index in [1.807, 2.05) is 23.1 Å². The number of carbonyl (C=O) groups excluding carboxylic acids is 1. The molecule has 0 bridgehead atoms.